The summed E-state index contributed by atoms with van der Waals surface area (Å²) < 4.78 is 3.51. The molecule has 9 heteroatoms. The van der Waals surface area contributed by atoms with Gasteiger partial charge in [-0.15, -0.1) is 5.10 Å². The smallest absolute Gasteiger partial charge is 0.273 e. The van der Waals surface area contributed by atoms with Gasteiger partial charge < -0.3 is 10.6 Å². The molecule has 3 aromatic heterocycles. The van der Waals surface area contributed by atoms with Crippen molar-refractivity contribution in [1.82, 2.24) is 40.1 Å². The number of nitrogens with one attached hydrogen (secondary N) is 2. The van der Waals surface area contributed by atoms with Crippen molar-refractivity contribution in [1.29, 1.82) is 0 Å². The van der Waals surface area contributed by atoms with E-state index in [0.29, 0.717) is 12.2 Å². The second kappa shape index (κ2) is 7.63. The highest BCUT2D eigenvalue weighted by molar-refractivity contribution is 5.91. The Kier molecular flexibility index (Phi) is 4.89. The fraction of sp³-hybridized carbons (Fsp3) is 0.412. The highest BCUT2D eigenvalue weighted by Gasteiger charge is 2.13. The lowest BCUT2D eigenvalue weighted by Gasteiger charge is -2.26. The van der Waals surface area contributed by atoms with Crippen molar-refractivity contribution in [2.75, 3.05) is 32.7 Å². The molecule has 1 fully saturated rings. The maximum Gasteiger partial charge on any atom is 0.273 e. The van der Waals surface area contributed by atoms with E-state index in [1.165, 1.54) is 0 Å². The Balaban J connectivity index is 1.31. The normalized spacial score (nSPS) is 15.4. The summed E-state index contributed by atoms with van der Waals surface area (Å²) in [4.78, 5) is 14.7. The number of carbonyl (C=O) groups excluding carboxylic acids is 1. The summed E-state index contributed by atoms with van der Waals surface area (Å²) in [5, 5.41) is 18.5. The van der Waals surface area contributed by atoms with Crippen LogP contribution in [0.25, 0.3) is 5.52 Å². The standard InChI is InChI=1S/C17H22N8O/c26-17(19-11-14-12-20-25-6-2-1-3-16(14)25)15-13-24(22-21-15)10-9-23-7-4-18-5-8-23/h1-3,6,12-13,18H,4-5,7-11H2,(H,19,26). The molecule has 2 N–H and O–H groups in total. The monoisotopic (exact) mass is 354 g/mol. The van der Waals surface area contributed by atoms with E-state index in [9.17, 15) is 4.79 Å². The Labute approximate surface area is 151 Å². The number of pyridine rings is 1. The van der Waals surface area contributed by atoms with Crippen molar-refractivity contribution in [2.24, 2.45) is 0 Å². The van der Waals surface area contributed by atoms with Gasteiger partial charge in [0.05, 0.1) is 24.5 Å². The van der Waals surface area contributed by atoms with Crippen molar-refractivity contribution in [2.45, 2.75) is 13.1 Å². The number of carbonyl (C=O) groups is 1. The average molecular weight is 354 g/mol. The summed E-state index contributed by atoms with van der Waals surface area (Å²) in [6, 6.07) is 5.84. The predicted octanol–water partition coefficient (Wildman–Crippen LogP) is -0.239. The molecule has 0 radical (unpaired) electrons. The Bertz CT molecular complexity index is 880. The average Bonchev–Trinajstić information content (AvgIpc) is 3.32. The number of hydrogen-bond donors (Lipinski definition) is 2. The zero-order chi connectivity index (χ0) is 17.8. The van der Waals surface area contributed by atoms with Gasteiger partial charge in [0.15, 0.2) is 5.69 Å². The zero-order valence-corrected chi connectivity index (χ0v) is 14.5. The van der Waals surface area contributed by atoms with Gasteiger partial charge in [-0.25, -0.2) is 4.52 Å². The van der Waals surface area contributed by atoms with Gasteiger partial charge in [-0.1, -0.05) is 11.3 Å². The van der Waals surface area contributed by atoms with Crippen LogP contribution >= 0.6 is 0 Å². The number of aromatic nitrogens is 5. The molecule has 1 aliphatic rings. The Morgan fingerprint density at radius 3 is 3.00 bits per heavy atom. The Hall–Kier alpha value is -2.78. The van der Waals surface area contributed by atoms with Crippen LogP contribution in [0, 0.1) is 0 Å². The first kappa shape index (κ1) is 16.7. The summed E-state index contributed by atoms with van der Waals surface area (Å²) in [6.07, 6.45) is 5.35. The lowest BCUT2D eigenvalue weighted by Crippen LogP contribution is -2.44. The maximum atomic E-state index is 12.3. The van der Waals surface area contributed by atoms with Crippen molar-refractivity contribution in [3.05, 3.63) is 48.0 Å². The molecule has 1 aliphatic heterocycles. The third-order valence-electron chi connectivity index (χ3n) is 4.57. The van der Waals surface area contributed by atoms with Crippen LogP contribution in [0.1, 0.15) is 16.1 Å². The topological polar surface area (TPSA) is 92.4 Å². The lowest BCUT2D eigenvalue weighted by molar-refractivity contribution is 0.0946. The van der Waals surface area contributed by atoms with Crippen LogP contribution in [0.15, 0.2) is 36.8 Å². The van der Waals surface area contributed by atoms with Crippen LogP contribution in [0.2, 0.25) is 0 Å². The molecular formula is C17H22N8O. The Morgan fingerprint density at radius 2 is 2.12 bits per heavy atom. The zero-order valence-electron chi connectivity index (χ0n) is 14.5. The first-order valence-electron chi connectivity index (χ1n) is 8.82. The van der Waals surface area contributed by atoms with Gasteiger partial charge in [-0.05, 0) is 12.1 Å². The number of rotatable bonds is 6. The quantitative estimate of drug-likeness (QED) is 0.635. The van der Waals surface area contributed by atoms with E-state index < -0.39 is 0 Å². The van der Waals surface area contributed by atoms with Crippen LogP contribution < -0.4 is 10.6 Å². The van der Waals surface area contributed by atoms with Crippen molar-refractivity contribution >= 4 is 11.4 Å². The number of hydrogen-bond acceptors (Lipinski definition) is 6. The molecule has 0 saturated carbocycles. The Morgan fingerprint density at radius 1 is 1.23 bits per heavy atom. The second-order valence-corrected chi connectivity index (χ2v) is 6.34. The highest BCUT2D eigenvalue weighted by Crippen LogP contribution is 2.09. The van der Waals surface area contributed by atoms with Crippen LogP contribution in [0.4, 0.5) is 0 Å². The van der Waals surface area contributed by atoms with E-state index in [0.717, 1.165) is 50.3 Å². The third-order valence-corrected chi connectivity index (χ3v) is 4.57. The van der Waals surface area contributed by atoms with Gasteiger partial charge in [0.2, 0.25) is 0 Å². The molecule has 3 aromatic rings. The summed E-state index contributed by atoms with van der Waals surface area (Å²) in [6.45, 7) is 6.18. The minimum Gasteiger partial charge on any atom is -0.346 e. The summed E-state index contributed by atoms with van der Waals surface area (Å²) >= 11 is 0. The maximum absolute atomic E-state index is 12.3. The molecule has 1 amide bonds. The minimum atomic E-state index is -0.228. The molecule has 0 spiro atoms. The van der Waals surface area contributed by atoms with Crippen LogP contribution in [0.3, 0.4) is 0 Å². The number of nitrogens with zero attached hydrogens (tertiary/aromatic N) is 6. The first-order valence-corrected chi connectivity index (χ1v) is 8.82. The molecule has 136 valence electrons. The van der Waals surface area contributed by atoms with Crippen molar-refractivity contribution < 1.29 is 4.79 Å². The minimum absolute atomic E-state index is 0.228. The van der Waals surface area contributed by atoms with Crippen LogP contribution in [-0.2, 0) is 13.1 Å². The van der Waals surface area contributed by atoms with Gasteiger partial charge in [0, 0.05) is 51.0 Å². The van der Waals surface area contributed by atoms with Crippen LogP contribution in [-0.4, -0.2) is 68.1 Å². The summed E-state index contributed by atoms with van der Waals surface area (Å²) in [5.74, 6) is -0.228. The van der Waals surface area contributed by atoms with Crippen molar-refractivity contribution in [3.8, 4) is 0 Å². The van der Waals surface area contributed by atoms with E-state index in [1.807, 2.05) is 24.4 Å². The fourth-order valence-corrected chi connectivity index (χ4v) is 3.08. The van der Waals surface area contributed by atoms with E-state index in [1.54, 1.807) is 21.6 Å². The third kappa shape index (κ3) is 3.73. The van der Waals surface area contributed by atoms with Gasteiger partial charge in [-0.3, -0.25) is 14.4 Å². The molecule has 0 aliphatic carbocycles. The molecule has 9 nitrogen and oxygen atoms in total. The number of piperazine rings is 1. The molecule has 0 bridgehead atoms. The molecule has 1 saturated heterocycles. The molecule has 0 unspecified atom stereocenters. The fourth-order valence-electron chi connectivity index (χ4n) is 3.08. The summed E-state index contributed by atoms with van der Waals surface area (Å²) in [7, 11) is 0. The second-order valence-electron chi connectivity index (χ2n) is 6.34. The van der Waals surface area contributed by atoms with E-state index in [4.69, 9.17) is 0 Å². The number of amides is 1. The molecule has 4 heterocycles. The molecular weight excluding hydrogens is 332 g/mol. The predicted molar refractivity (Wildman–Crippen MR) is 95.7 cm³/mol. The first-order chi connectivity index (χ1) is 12.8. The number of fused-ring (bicyclic) bond motifs is 1. The highest BCUT2D eigenvalue weighted by atomic mass is 16.2. The van der Waals surface area contributed by atoms with E-state index in [2.05, 4.69) is 30.9 Å². The lowest BCUT2D eigenvalue weighted by atomic mass is 10.2. The van der Waals surface area contributed by atoms with Crippen molar-refractivity contribution in [3.63, 3.8) is 0 Å². The molecule has 0 atom stereocenters. The SMILES string of the molecule is O=C(NCc1cnn2ccccc12)c1cn(CCN2CCNCC2)nn1. The van der Waals surface area contributed by atoms with Gasteiger partial charge >= 0.3 is 0 Å². The van der Waals surface area contributed by atoms with Gasteiger partial charge in [0.25, 0.3) is 5.91 Å². The molecule has 0 aromatic carbocycles. The summed E-state index contributed by atoms with van der Waals surface area (Å²) in [5.41, 5.74) is 2.28. The largest absolute Gasteiger partial charge is 0.346 e. The molecule has 26 heavy (non-hydrogen) atoms. The van der Waals surface area contributed by atoms with E-state index in [-0.39, 0.29) is 5.91 Å². The molecule has 4 rings (SSSR count). The van der Waals surface area contributed by atoms with Gasteiger partial charge in [0.1, 0.15) is 0 Å². The van der Waals surface area contributed by atoms with Gasteiger partial charge in [-0.2, -0.15) is 5.10 Å². The van der Waals surface area contributed by atoms with E-state index >= 15 is 0 Å². The van der Waals surface area contributed by atoms with Crippen LogP contribution in [0.5, 0.6) is 0 Å².